The number of benzene rings is 1. The molecule has 0 atom stereocenters. The number of methoxy groups -OCH3 is 1. The van der Waals surface area contributed by atoms with Crippen molar-refractivity contribution in [2.45, 2.75) is 32.0 Å². The van der Waals surface area contributed by atoms with Crippen molar-refractivity contribution in [3.05, 3.63) is 40.6 Å². The van der Waals surface area contributed by atoms with Crippen molar-refractivity contribution in [3.8, 4) is 17.1 Å². The van der Waals surface area contributed by atoms with E-state index in [1.54, 1.807) is 18.4 Å². The summed E-state index contributed by atoms with van der Waals surface area (Å²) in [6.07, 6.45) is 0. The highest BCUT2D eigenvalue weighted by Crippen LogP contribution is 2.30. The minimum absolute atomic E-state index is 0.115. The second kappa shape index (κ2) is 8.58. The Bertz CT molecular complexity index is 933. The number of rotatable bonds is 7. The molecule has 2 aromatic heterocycles. The number of carbonyl (C=O) groups is 1. The van der Waals surface area contributed by atoms with Gasteiger partial charge in [0.25, 0.3) is 0 Å². The molecule has 1 aromatic carbocycles. The maximum absolute atomic E-state index is 12.4. The fourth-order valence-electron chi connectivity index (χ4n) is 2.66. The van der Waals surface area contributed by atoms with Gasteiger partial charge in [-0.05, 0) is 39.0 Å². The van der Waals surface area contributed by atoms with Gasteiger partial charge in [-0.2, -0.15) is 0 Å². The van der Waals surface area contributed by atoms with Gasteiger partial charge in [-0.15, -0.1) is 21.5 Å². The lowest BCUT2D eigenvalue weighted by Gasteiger charge is -2.13. The predicted molar refractivity (Wildman–Crippen MR) is 111 cm³/mol. The van der Waals surface area contributed by atoms with Crippen molar-refractivity contribution in [1.29, 1.82) is 0 Å². The van der Waals surface area contributed by atoms with E-state index < -0.39 is 0 Å². The molecule has 1 N–H and O–H groups in total. The van der Waals surface area contributed by atoms with Crippen molar-refractivity contribution in [1.82, 2.24) is 14.8 Å². The van der Waals surface area contributed by atoms with E-state index in [1.165, 1.54) is 16.6 Å². The third-order valence-electron chi connectivity index (χ3n) is 3.88. The normalized spacial score (nSPS) is 11.0. The van der Waals surface area contributed by atoms with E-state index in [-0.39, 0.29) is 17.7 Å². The first-order valence-corrected chi connectivity index (χ1v) is 10.4. The zero-order valence-electron chi connectivity index (χ0n) is 15.7. The minimum Gasteiger partial charge on any atom is -0.495 e. The van der Waals surface area contributed by atoms with Gasteiger partial charge in [-0.3, -0.25) is 9.36 Å². The summed E-state index contributed by atoms with van der Waals surface area (Å²) < 4.78 is 7.34. The number of aromatic nitrogens is 3. The number of anilines is 1. The minimum atomic E-state index is -0.115. The van der Waals surface area contributed by atoms with Crippen LogP contribution in [0.4, 0.5) is 5.69 Å². The topological polar surface area (TPSA) is 69.0 Å². The van der Waals surface area contributed by atoms with Crippen molar-refractivity contribution < 1.29 is 9.53 Å². The number of hydrogen-bond donors (Lipinski definition) is 1. The Balaban J connectivity index is 1.72. The summed E-state index contributed by atoms with van der Waals surface area (Å²) >= 11 is 3.07. The number of hydrogen-bond acceptors (Lipinski definition) is 6. The molecule has 0 bridgehead atoms. The lowest BCUT2D eigenvalue weighted by Crippen LogP contribution is -2.15. The lowest BCUT2D eigenvalue weighted by molar-refractivity contribution is -0.113. The quantitative estimate of drug-likeness (QED) is 0.583. The average Bonchev–Trinajstić information content (AvgIpc) is 3.26. The van der Waals surface area contributed by atoms with Crippen molar-refractivity contribution >= 4 is 34.7 Å². The Morgan fingerprint density at radius 2 is 2.11 bits per heavy atom. The molecule has 27 heavy (non-hydrogen) atoms. The number of nitrogens with zero attached hydrogens (tertiary/aromatic N) is 3. The van der Waals surface area contributed by atoms with Crippen LogP contribution in [-0.4, -0.2) is 33.5 Å². The van der Waals surface area contributed by atoms with Crippen molar-refractivity contribution in [3.63, 3.8) is 0 Å². The Morgan fingerprint density at radius 3 is 2.78 bits per heavy atom. The van der Waals surface area contributed by atoms with Crippen LogP contribution < -0.4 is 10.1 Å². The molecule has 3 rings (SSSR count). The molecule has 0 aliphatic rings. The number of para-hydroxylation sites is 2. The standard InChI is InChI=1S/C19H22N4O2S2/c1-12(2)23-18(14-9-13(3)26-10-14)21-22-19(23)27-11-17(24)20-15-7-5-6-8-16(15)25-4/h5-10,12H,11H2,1-4H3,(H,20,24). The molecule has 0 saturated carbocycles. The van der Waals surface area contributed by atoms with Crippen LogP contribution in [0.15, 0.2) is 40.9 Å². The predicted octanol–water partition coefficient (Wildman–Crippen LogP) is 4.64. The average molecular weight is 403 g/mol. The molecule has 1 amide bonds. The van der Waals surface area contributed by atoms with Crippen LogP contribution in [0.3, 0.4) is 0 Å². The highest BCUT2D eigenvalue weighted by atomic mass is 32.2. The van der Waals surface area contributed by atoms with Gasteiger partial charge >= 0.3 is 0 Å². The molecule has 0 saturated heterocycles. The molecule has 0 aliphatic heterocycles. The summed E-state index contributed by atoms with van der Waals surface area (Å²) in [5.41, 5.74) is 1.72. The van der Waals surface area contributed by atoms with Gasteiger partial charge in [0.2, 0.25) is 5.91 Å². The maximum Gasteiger partial charge on any atom is 0.234 e. The molecule has 0 spiro atoms. The highest BCUT2D eigenvalue weighted by Gasteiger charge is 2.18. The lowest BCUT2D eigenvalue weighted by atomic mass is 10.3. The Labute approximate surface area is 167 Å². The van der Waals surface area contributed by atoms with E-state index in [0.717, 1.165) is 16.5 Å². The molecule has 6 nitrogen and oxygen atoms in total. The van der Waals surface area contributed by atoms with E-state index >= 15 is 0 Å². The first-order valence-electron chi connectivity index (χ1n) is 8.55. The zero-order chi connectivity index (χ0) is 19.4. The summed E-state index contributed by atoms with van der Waals surface area (Å²) in [5.74, 6) is 1.60. The highest BCUT2D eigenvalue weighted by molar-refractivity contribution is 7.99. The van der Waals surface area contributed by atoms with Gasteiger partial charge in [0.15, 0.2) is 11.0 Å². The smallest absolute Gasteiger partial charge is 0.234 e. The number of amides is 1. The molecule has 0 unspecified atom stereocenters. The SMILES string of the molecule is COc1ccccc1NC(=O)CSc1nnc(-c2csc(C)c2)n1C(C)C. The fraction of sp³-hybridized carbons (Fsp3) is 0.316. The molecule has 8 heteroatoms. The number of nitrogens with one attached hydrogen (secondary N) is 1. The third kappa shape index (κ3) is 4.51. The molecular formula is C19H22N4O2S2. The first-order chi connectivity index (χ1) is 13.0. The van der Waals surface area contributed by atoms with E-state index in [9.17, 15) is 4.79 Å². The van der Waals surface area contributed by atoms with Gasteiger partial charge in [0.05, 0.1) is 18.6 Å². The monoisotopic (exact) mass is 402 g/mol. The van der Waals surface area contributed by atoms with Crippen molar-refractivity contribution in [2.24, 2.45) is 0 Å². The summed E-state index contributed by atoms with van der Waals surface area (Å²) in [5, 5.41) is 14.4. The molecule has 3 aromatic rings. The molecule has 2 heterocycles. The molecule has 0 aliphatic carbocycles. The van der Waals surface area contributed by atoms with Gasteiger partial charge in [0, 0.05) is 21.9 Å². The van der Waals surface area contributed by atoms with Crippen LogP contribution in [-0.2, 0) is 4.79 Å². The molecular weight excluding hydrogens is 380 g/mol. The van der Waals surface area contributed by atoms with Gasteiger partial charge in [0.1, 0.15) is 5.75 Å². The van der Waals surface area contributed by atoms with E-state index in [1.807, 2.05) is 24.3 Å². The second-order valence-electron chi connectivity index (χ2n) is 6.25. The third-order valence-corrected chi connectivity index (χ3v) is 5.69. The van der Waals surface area contributed by atoms with Crippen LogP contribution in [0, 0.1) is 6.92 Å². The van der Waals surface area contributed by atoms with Crippen LogP contribution in [0.25, 0.3) is 11.4 Å². The number of ether oxygens (including phenoxy) is 1. The molecule has 0 radical (unpaired) electrons. The number of thioether (sulfide) groups is 1. The summed E-state index contributed by atoms with van der Waals surface area (Å²) in [7, 11) is 1.58. The summed E-state index contributed by atoms with van der Waals surface area (Å²) in [6, 6.07) is 9.64. The summed E-state index contributed by atoms with van der Waals surface area (Å²) in [4.78, 5) is 13.6. The Morgan fingerprint density at radius 1 is 1.33 bits per heavy atom. The number of thiophene rings is 1. The van der Waals surface area contributed by atoms with Crippen molar-refractivity contribution in [2.75, 3.05) is 18.2 Å². The van der Waals surface area contributed by atoms with Gasteiger partial charge in [-0.25, -0.2) is 0 Å². The van der Waals surface area contributed by atoms with Gasteiger partial charge in [-0.1, -0.05) is 23.9 Å². The van der Waals surface area contributed by atoms with Crippen LogP contribution >= 0.6 is 23.1 Å². The van der Waals surface area contributed by atoms with Crippen LogP contribution in [0.2, 0.25) is 0 Å². The number of aryl methyl sites for hydroxylation is 1. The van der Waals surface area contributed by atoms with Crippen LogP contribution in [0.5, 0.6) is 5.75 Å². The second-order valence-corrected chi connectivity index (χ2v) is 8.31. The maximum atomic E-state index is 12.4. The van der Waals surface area contributed by atoms with Gasteiger partial charge < -0.3 is 10.1 Å². The summed E-state index contributed by atoms with van der Waals surface area (Å²) in [6.45, 7) is 6.25. The molecule has 142 valence electrons. The van der Waals surface area contributed by atoms with Crippen LogP contribution in [0.1, 0.15) is 24.8 Å². The van der Waals surface area contributed by atoms with E-state index in [4.69, 9.17) is 4.74 Å². The first kappa shape index (κ1) is 19.4. The zero-order valence-corrected chi connectivity index (χ0v) is 17.4. The Hall–Kier alpha value is -2.32. The molecule has 0 fully saturated rings. The fourth-order valence-corrected chi connectivity index (χ4v) is 4.21. The Kier molecular flexibility index (Phi) is 6.18. The van der Waals surface area contributed by atoms with E-state index in [2.05, 4.69) is 52.3 Å². The largest absolute Gasteiger partial charge is 0.495 e. The van der Waals surface area contributed by atoms with E-state index in [0.29, 0.717) is 11.4 Å². The number of carbonyl (C=O) groups excluding carboxylic acids is 1.